The Balaban J connectivity index is 1.79. The number of benzene rings is 1. The topological polar surface area (TPSA) is 96.4 Å². The molecule has 1 N–H and O–H groups in total. The summed E-state index contributed by atoms with van der Waals surface area (Å²) in [5.41, 5.74) is 0.121. The molecule has 212 valence electrons. The molecule has 3 aliphatic rings. The molecule has 39 heavy (non-hydrogen) atoms. The van der Waals surface area contributed by atoms with Gasteiger partial charge in [0.2, 0.25) is 5.91 Å². The first-order valence-corrected chi connectivity index (χ1v) is 14.1. The third kappa shape index (κ3) is 4.92. The van der Waals surface area contributed by atoms with E-state index in [0.29, 0.717) is 36.4 Å². The van der Waals surface area contributed by atoms with Crippen LogP contribution in [0.15, 0.2) is 43.5 Å². The minimum Gasteiger partial charge on any atom is -0.465 e. The summed E-state index contributed by atoms with van der Waals surface area (Å²) in [7, 11) is 0. The highest BCUT2D eigenvalue weighted by atomic mass is 35.5. The molecule has 3 fully saturated rings. The van der Waals surface area contributed by atoms with Crippen LogP contribution in [-0.4, -0.2) is 71.3 Å². The molecule has 1 aromatic carbocycles. The van der Waals surface area contributed by atoms with Crippen molar-refractivity contribution in [3.63, 3.8) is 0 Å². The fraction of sp³-hybridized carbons (Fsp3) is 0.567. The quantitative estimate of drug-likeness (QED) is 0.236. The predicted octanol–water partition coefficient (Wildman–Crippen LogP) is 4.07. The molecule has 3 saturated heterocycles. The van der Waals surface area contributed by atoms with Crippen molar-refractivity contribution >= 4 is 35.1 Å². The zero-order valence-electron chi connectivity index (χ0n) is 23.0. The van der Waals surface area contributed by atoms with Gasteiger partial charge in [-0.2, -0.15) is 0 Å². The standard InChI is InChI=1S/C30H39ClN2O6/c1-6-8-9-16-38-29(37)23-22-13-14-30(39-22)24(23)27(35)33(21(17-34)18(3)4)26(30)28(36)32(15-7-2)25-19(5)11-10-12-20(25)31/h6-7,10-12,18,21-24,26,34H,1-2,8-9,13-17H2,3-5H3/t21-,22-,23+,24-,26?,30?/m0/s1. The van der Waals surface area contributed by atoms with E-state index in [0.717, 1.165) is 5.56 Å². The van der Waals surface area contributed by atoms with Crippen LogP contribution in [0.25, 0.3) is 0 Å². The van der Waals surface area contributed by atoms with Crippen LogP contribution in [0.4, 0.5) is 5.69 Å². The van der Waals surface area contributed by atoms with Gasteiger partial charge in [0.25, 0.3) is 5.91 Å². The Morgan fingerprint density at radius 3 is 2.69 bits per heavy atom. The van der Waals surface area contributed by atoms with Crippen LogP contribution >= 0.6 is 11.6 Å². The highest BCUT2D eigenvalue weighted by molar-refractivity contribution is 6.34. The van der Waals surface area contributed by atoms with E-state index < -0.39 is 41.6 Å². The summed E-state index contributed by atoms with van der Waals surface area (Å²) in [5.74, 6) is -3.04. The highest BCUT2D eigenvalue weighted by Gasteiger charge is 2.75. The Hall–Kier alpha value is -2.68. The van der Waals surface area contributed by atoms with Crippen molar-refractivity contribution in [2.45, 2.75) is 70.2 Å². The number of rotatable bonds is 12. The number of carbonyl (C=O) groups is 3. The lowest BCUT2D eigenvalue weighted by atomic mass is 9.70. The number of likely N-dealkylation sites (tertiary alicyclic amines) is 1. The SMILES string of the molecule is C=CCCCOC(=O)[C@@H]1[C@@H]2CCC3(O2)C(C(=O)N(CC=C)c2c(C)cccc2Cl)N([C@@H](CO)C(C)C)C(=O)[C@H]13. The second-order valence-corrected chi connectivity index (χ2v) is 11.4. The molecule has 4 rings (SSSR count). The van der Waals surface area contributed by atoms with Gasteiger partial charge < -0.3 is 24.4 Å². The molecule has 2 unspecified atom stereocenters. The number of aryl methyl sites for hydroxylation is 1. The van der Waals surface area contributed by atoms with Crippen LogP contribution < -0.4 is 4.90 Å². The number of anilines is 1. The van der Waals surface area contributed by atoms with Gasteiger partial charge in [0, 0.05) is 6.54 Å². The zero-order valence-corrected chi connectivity index (χ0v) is 23.7. The average Bonchev–Trinajstić information content (AvgIpc) is 3.53. The normalized spacial score (nSPS) is 27.9. The van der Waals surface area contributed by atoms with E-state index in [1.165, 1.54) is 4.90 Å². The Bertz CT molecular complexity index is 1120. The Kier molecular flexibility index (Phi) is 8.88. The number of aliphatic hydroxyl groups is 1. The first-order valence-electron chi connectivity index (χ1n) is 13.7. The first kappa shape index (κ1) is 29.3. The zero-order chi connectivity index (χ0) is 28.5. The van der Waals surface area contributed by atoms with Gasteiger partial charge >= 0.3 is 5.97 Å². The highest BCUT2D eigenvalue weighted by Crippen LogP contribution is 2.59. The lowest BCUT2D eigenvalue weighted by Crippen LogP contribution is -2.60. The predicted molar refractivity (Wildman–Crippen MR) is 149 cm³/mol. The first-order chi connectivity index (χ1) is 18.6. The molecule has 0 saturated carbocycles. The number of unbranched alkanes of at least 4 members (excludes halogenated alkanes) is 1. The monoisotopic (exact) mass is 558 g/mol. The molecular formula is C30H39ClN2O6. The molecule has 2 amide bonds. The van der Waals surface area contributed by atoms with Gasteiger partial charge in [0.1, 0.15) is 11.6 Å². The molecule has 0 radical (unpaired) electrons. The summed E-state index contributed by atoms with van der Waals surface area (Å²) in [6, 6.07) is 3.70. The molecular weight excluding hydrogens is 520 g/mol. The van der Waals surface area contributed by atoms with Crippen molar-refractivity contribution in [2.24, 2.45) is 17.8 Å². The lowest BCUT2D eigenvalue weighted by Gasteiger charge is -2.40. The van der Waals surface area contributed by atoms with Gasteiger partial charge in [-0.3, -0.25) is 14.4 Å². The second kappa shape index (κ2) is 11.8. The molecule has 0 aromatic heterocycles. The number of amides is 2. The fourth-order valence-corrected chi connectivity index (χ4v) is 6.97. The summed E-state index contributed by atoms with van der Waals surface area (Å²) >= 11 is 6.59. The van der Waals surface area contributed by atoms with E-state index in [1.54, 1.807) is 23.1 Å². The maximum atomic E-state index is 14.6. The molecule has 3 aliphatic heterocycles. The lowest BCUT2D eigenvalue weighted by molar-refractivity contribution is -0.156. The van der Waals surface area contributed by atoms with Crippen LogP contribution in [0.3, 0.4) is 0 Å². The van der Waals surface area contributed by atoms with E-state index >= 15 is 0 Å². The number of nitrogens with zero attached hydrogens (tertiary/aromatic N) is 2. The number of esters is 1. The molecule has 1 spiro atoms. The number of hydrogen-bond donors (Lipinski definition) is 1. The van der Waals surface area contributed by atoms with Crippen molar-refractivity contribution in [1.82, 2.24) is 4.90 Å². The number of hydrogen-bond acceptors (Lipinski definition) is 6. The number of aliphatic hydroxyl groups excluding tert-OH is 1. The van der Waals surface area contributed by atoms with Gasteiger partial charge in [-0.25, -0.2) is 0 Å². The molecule has 1 aromatic rings. The molecule has 9 heteroatoms. The number of ether oxygens (including phenoxy) is 2. The van der Waals surface area contributed by atoms with E-state index in [2.05, 4.69) is 13.2 Å². The summed E-state index contributed by atoms with van der Waals surface area (Å²) in [5, 5.41) is 10.8. The second-order valence-electron chi connectivity index (χ2n) is 11.0. The molecule has 0 aliphatic carbocycles. The molecule has 2 bridgehead atoms. The summed E-state index contributed by atoms with van der Waals surface area (Å²) in [4.78, 5) is 45.2. The summed E-state index contributed by atoms with van der Waals surface area (Å²) in [6.45, 7) is 13.2. The number of carbonyl (C=O) groups excluding carboxylic acids is 3. The van der Waals surface area contributed by atoms with E-state index in [9.17, 15) is 19.5 Å². The van der Waals surface area contributed by atoms with Crippen LogP contribution in [0.2, 0.25) is 5.02 Å². The number of allylic oxidation sites excluding steroid dienone is 1. The minimum absolute atomic E-state index is 0.152. The van der Waals surface area contributed by atoms with Crippen molar-refractivity contribution in [3.8, 4) is 0 Å². The van der Waals surface area contributed by atoms with Gasteiger partial charge in [-0.15, -0.1) is 13.2 Å². The molecule has 3 heterocycles. The number of halogens is 1. The Morgan fingerprint density at radius 2 is 2.08 bits per heavy atom. The summed E-state index contributed by atoms with van der Waals surface area (Å²) in [6.07, 6.45) is 5.19. The maximum Gasteiger partial charge on any atom is 0.312 e. The Labute approximate surface area is 235 Å². The van der Waals surface area contributed by atoms with Crippen molar-refractivity contribution in [1.29, 1.82) is 0 Å². The fourth-order valence-electron chi connectivity index (χ4n) is 6.65. The van der Waals surface area contributed by atoms with Crippen molar-refractivity contribution in [2.75, 3.05) is 24.7 Å². The third-order valence-corrected chi connectivity index (χ3v) is 8.70. The van der Waals surface area contributed by atoms with Crippen LogP contribution in [-0.2, 0) is 23.9 Å². The third-order valence-electron chi connectivity index (χ3n) is 8.39. The Morgan fingerprint density at radius 1 is 1.33 bits per heavy atom. The largest absolute Gasteiger partial charge is 0.465 e. The number of fused-ring (bicyclic) bond motifs is 1. The van der Waals surface area contributed by atoms with Crippen molar-refractivity contribution < 1.29 is 29.0 Å². The van der Waals surface area contributed by atoms with Crippen LogP contribution in [0, 0.1) is 24.7 Å². The van der Waals surface area contributed by atoms with Crippen molar-refractivity contribution in [3.05, 3.63) is 54.1 Å². The average molecular weight is 559 g/mol. The smallest absolute Gasteiger partial charge is 0.312 e. The van der Waals surface area contributed by atoms with Crippen LogP contribution in [0.5, 0.6) is 0 Å². The van der Waals surface area contributed by atoms with E-state index in [-0.39, 0.29) is 37.5 Å². The van der Waals surface area contributed by atoms with E-state index in [4.69, 9.17) is 21.1 Å². The number of para-hydroxylation sites is 1. The van der Waals surface area contributed by atoms with Gasteiger partial charge in [-0.05, 0) is 50.2 Å². The summed E-state index contributed by atoms with van der Waals surface area (Å²) < 4.78 is 12.1. The maximum absolute atomic E-state index is 14.6. The minimum atomic E-state index is -1.21. The molecule has 6 atom stereocenters. The van der Waals surface area contributed by atoms with Gasteiger partial charge in [-0.1, -0.05) is 49.7 Å². The van der Waals surface area contributed by atoms with Gasteiger partial charge in [0.05, 0.1) is 47.9 Å². The van der Waals surface area contributed by atoms with E-state index in [1.807, 2.05) is 32.9 Å². The molecule has 8 nitrogen and oxygen atoms in total. The van der Waals surface area contributed by atoms with Gasteiger partial charge in [0.15, 0.2) is 0 Å². The van der Waals surface area contributed by atoms with Crippen LogP contribution in [0.1, 0.15) is 45.1 Å².